The number of hydrogen-bond acceptors (Lipinski definition) is 3. The van der Waals surface area contributed by atoms with Crippen LogP contribution in [0.25, 0.3) is 10.9 Å². The molecule has 3 aromatic rings. The van der Waals surface area contributed by atoms with Crippen molar-refractivity contribution in [3.8, 4) is 5.75 Å². The first-order chi connectivity index (χ1) is 12.1. The normalized spacial score (nSPS) is 21.3. The highest BCUT2D eigenvalue weighted by atomic mass is 35.5. The zero-order valence-electron chi connectivity index (χ0n) is 13.6. The number of anilines is 1. The van der Waals surface area contributed by atoms with Gasteiger partial charge in [-0.05, 0) is 48.4 Å². The number of carbonyl (C=O) groups excluding carboxylic acids is 1. The summed E-state index contributed by atoms with van der Waals surface area (Å²) in [5.74, 6) is 0.727. The molecule has 25 heavy (non-hydrogen) atoms. The number of ether oxygens (including phenoxy) is 1. The van der Waals surface area contributed by atoms with Crippen molar-refractivity contribution in [1.82, 2.24) is 10.3 Å². The lowest BCUT2D eigenvalue weighted by atomic mass is 9.82. The number of benzene rings is 2. The van der Waals surface area contributed by atoms with E-state index in [1.807, 2.05) is 30.3 Å². The van der Waals surface area contributed by atoms with Crippen molar-refractivity contribution in [1.29, 1.82) is 0 Å². The van der Waals surface area contributed by atoms with Crippen LogP contribution in [0.3, 0.4) is 0 Å². The maximum Gasteiger partial charge on any atom is 0.255 e. The molecule has 3 heterocycles. The van der Waals surface area contributed by atoms with Crippen molar-refractivity contribution in [2.24, 2.45) is 0 Å². The fraction of sp³-hybridized carbons (Fsp3) is 0.211. The van der Waals surface area contributed by atoms with Gasteiger partial charge in [-0.3, -0.25) is 10.1 Å². The molecule has 5 nitrogen and oxygen atoms in total. The number of aromatic nitrogens is 1. The smallest absolute Gasteiger partial charge is 0.255 e. The Bertz CT molecular complexity index is 1040. The highest BCUT2D eigenvalue weighted by molar-refractivity contribution is 6.31. The minimum atomic E-state index is -0.930. The molecule has 1 spiro atoms. The summed E-state index contributed by atoms with van der Waals surface area (Å²) in [6.07, 6.45) is 0.841. The van der Waals surface area contributed by atoms with Crippen molar-refractivity contribution in [3.63, 3.8) is 0 Å². The van der Waals surface area contributed by atoms with E-state index in [4.69, 9.17) is 16.3 Å². The molecular formula is C19H16ClN3O2. The fourth-order valence-corrected chi connectivity index (χ4v) is 4.27. The lowest BCUT2D eigenvalue weighted by Gasteiger charge is -2.33. The largest absolute Gasteiger partial charge is 0.497 e. The topological polar surface area (TPSA) is 66.1 Å². The molecule has 0 saturated carbocycles. The van der Waals surface area contributed by atoms with Gasteiger partial charge in [-0.15, -0.1) is 0 Å². The Kier molecular flexibility index (Phi) is 2.96. The first-order valence-electron chi connectivity index (χ1n) is 8.19. The van der Waals surface area contributed by atoms with Gasteiger partial charge in [-0.2, -0.15) is 0 Å². The van der Waals surface area contributed by atoms with Gasteiger partial charge >= 0.3 is 0 Å². The lowest BCUT2D eigenvalue weighted by molar-refractivity contribution is -0.120. The molecule has 2 aliphatic heterocycles. The van der Waals surface area contributed by atoms with Crippen molar-refractivity contribution in [2.45, 2.75) is 12.0 Å². The molecule has 1 aromatic heterocycles. The second-order valence-corrected chi connectivity index (χ2v) is 6.90. The number of amides is 1. The molecule has 5 rings (SSSR count). The van der Waals surface area contributed by atoms with Crippen LogP contribution in [0.4, 0.5) is 5.69 Å². The molecule has 0 radical (unpaired) electrons. The standard InChI is InChI=1S/C19H16ClN3O2/c1-25-11-3-5-15-13(9-11)12-6-7-21-19(17(12)22-15)14-8-10(20)2-4-16(14)23-18(19)24/h2-5,8-9,21-22H,6-7H2,1H3,(H,23,24)/t19-/m0/s1. The van der Waals surface area contributed by atoms with E-state index in [0.29, 0.717) is 11.6 Å². The quantitative estimate of drug-likeness (QED) is 0.629. The minimum absolute atomic E-state index is 0.0794. The highest BCUT2D eigenvalue weighted by Crippen LogP contribution is 2.46. The Hall–Kier alpha value is -2.50. The average Bonchev–Trinajstić information content (AvgIpc) is 3.12. The number of halogens is 1. The number of nitrogens with one attached hydrogen (secondary N) is 3. The third-order valence-electron chi connectivity index (χ3n) is 5.23. The molecule has 0 fully saturated rings. The summed E-state index contributed by atoms with van der Waals surface area (Å²) in [7, 11) is 1.66. The van der Waals surface area contributed by atoms with Crippen molar-refractivity contribution in [2.75, 3.05) is 19.0 Å². The van der Waals surface area contributed by atoms with Crippen LogP contribution in [0, 0.1) is 0 Å². The van der Waals surface area contributed by atoms with Gasteiger partial charge in [0.15, 0.2) is 5.54 Å². The molecule has 0 aliphatic carbocycles. The van der Waals surface area contributed by atoms with E-state index in [1.165, 1.54) is 0 Å². The number of rotatable bonds is 1. The maximum atomic E-state index is 13.0. The van der Waals surface area contributed by atoms with Crippen LogP contribution in [0.5, 0.6) is 5.75 Å². The number of methoxy groups -OCH3 is 1. The van der Waals surface area contributed by atoms with E-state index in [0.717, 1.165) is 45.6 Å². The van der Waals surface area contributed by atoms with Crippen molar-refractivity contribution >= 4 is 34.1 Å². The Labute approximate surface area is 149 Å². The van der Waals surface area contributed by atoms with E-state index in [1.54, 1.807) is 13.2 Å². The Balaban J connectivity index is 1.82. The molecule has 126 valence electrons. The zero-order valence-corrected chi connectivity index (χ0v) is 14.3. The fourth-order valence-electron chi connectivity index (χ4n) is 4.09. The van der Waals surface area contributed by atoms with E-state index < -0.39 is 5.54 Å². The van der Waals surface area contributed by atoms with Gasteiger partial charge < -0.3 is 15.0 Å². The maximum absolute atomic E-state index is 13.0. The SMILES string of the molecule is COc1ccc2[nH]c3c(c2c1)CCN[C@]31C(=O)Nc2ccc(Cl)cc21. The van der Waals surface area contributed by atoms with Crippen LogP contribution in [-0.4, -0.2) is 24.5 Å². The molecule has 1 amide bonds. The number of H-pyrrole nitrogens is 1. The van der Waals surface area contributed by atoms with Crippen LogP contribution in [0.1, 0.15) is 16.8 Å². The zero-order chi connectivity index (χ0) is 17.2. The van der Waals surface area contributed by atoms with Gasteiger partial charge in [-0.25, -0.2) is 0 Å². The van der Waals surface area contributed by atoms with Gasteiger partial charge in [0.25, 0.3) is 5.91 Å². The molecule has 0 saturated heterocycles. The summed E-state index contributed by atoms with van der Waals surface area (Å²) in [4.78, 5) is 16.5. The summed E-state index contributed by atoms with van der Waals surface area (Å²) in [5, 5.41) is 8.14. The van der Waals surface area contributed by atoms with Gasteiger partial charge in [0, 0.05) is 33.7 Å². The van der Waals surface area contributed by atoms with Crippen molar-refractivity contribution in [3.05, 3.63) is 58.2 Å². The van der Waals surface area contributed by atoms with Crippen LogP contribution >= 0.6 is 11.6 Å². The predicted molar refractivity (Wildman–Crippen MR) is 97.4 cm³/mol. The lowest BCUT2D eigenvalue weighted by Crippen LogP contribution is -2.53. The third kappa shape index (κ3) is 1.85. The number of hydrogen-bond donors (Lipinski definition) is 3. The monoisotopic (exact) mass is 353 g/mol. The minimum Gasteiger partial charge on any atom is -0.497 e. The van der Waals surface area contributed by atoms with Gasteiger partial charge in [0.05, 0.1) is 12.8 Å². The molecular weight excluding hydrogens is 338 g/mol. The van der Waals surface area contributed by atoms with Gasteiger partial charge in [0.1, 0.15) is 5.75 Å². The van der Waals surface area contributed by atoms with Gasteiger partial charge in [-0.1, -0.05) is 11.6 Å². The first kappa shape index (κ1) is 14.8. The van der Waals surface area contributed by atoms with Crippen molar-refractivity contribution < 1.29 is 9.53 Å². The Morgan fingerprint density at radius 1 is 1.20 bits per heavy atom. The highest BCUT2D eigenvalue weighted by Gasteiger charge is 2.52. The molecule has 1 atom stereocenters. The van der Waals surface area contributed by atoms with Crippen LogP contribution < -0.4 is 15.4 Å². The van der Waals surface area contributed by atoms with E-state index >= 15 is 0 Å². The number of fused-ring (bicyclic) bond motifs is 6. The molecule has 0 unspecified atom stereocenters. The summed E-state index contributed by atoms with van der Waals surface area (Å²) in [6, 6.07) is 11.4. The number of carbonyl (C=O) groups is 1. The first-order valence-corrected chi connectivity index (χ1v) is 8.57. The summed E-state index contributed by atoms with van der Waals surface area (Å²) in [5.41, 5.74) is 3.77. The predicted octanol–water partition coefficient (Wildman–Crippen LogP) is 3.17. The Morgan fingerprint density at radius 2 is 2.08 bits per heavy atom. The van der Waals surface area contributed by atoms with Gasteiger partial charge in [0.2, 0.25) is 0 Å². The van der Waals surface area contributed by atoms with Crippen LogP contribution in [0.15, 0.2) is 36.4 Å². The van der Waals surface area contributed by atoms with Crippen LogP contribution in [0.2, 0.25) is 5.02 Å². The third-order valence-corrected chi connectivity index (χ3v) is 5.46. The van der Waals surface area contributed by atoms with E-state index in [9.17, 15) is 4.79 Å². The molecule has 0 bridgehead atoms. The summed E-state index contributed by atoms with van der Waals surface area (Å²) < 4.78 is 5.37. The van der Waals surface area contributed by atoms with E-state index in [-0.39, 0.29) is 5.91 Å². The molecule has 6 heteroatoms. The molecule has 2 aromatic carbocycles. The Morgan fingerprint density at radius 3 is 2.92 bits per heavy atom. The summed E-state index contributed by atoms with van der Waals surface area (Å²) >= 11 is 6.23. The summed E-state index contributed by atoms with van der Waals surface area (Å²) in [6.45, 7) is 0.705. The molecule has 2 aliphatic rings. The van der Waals surface area contributed by atoms with Crippen LogP contribution in [-0.2, 0) is 16.8 Å². The molecule has 3 N–H and O–H groups in total. The number of aromatic amines is 1. The second-order valence-electron chi connectivity index (χ2n) is 6.46. The second kappa shape index (κ2) is 5.00. The average molecular weight is 354 g/mol. The van der Waals surface area contributed by atoms with E-state index in [2.05, 4.69) is 15.6 Å².